The first-order valence-electron chi connectivity index (χ1n) is 5.45. The van der Waals surface area contributed by atoms with Gasteiger partial charge in [0.2, 0.25) is 0 Å². The first-order valence-corrected chi connectivity index (χ1v) is 6.58. The predicted octanol–water partition coefficient (Wildman–Crippen LogP) is 3.85. The molecule has 3 rings (SSSR count). The van der Waals surface area contributed by atoms with Crippen LogP contribution in [0.4, 0.5) is 0 Å². The molecule has 0 heterocycles. The SMILES string of the molecule is BrC[C@H]1CC2=C[C@H]3C=CC=C[C@@]2(C3)C1. The van der Waals surface area contributed by atoms with Crippen molar-refractivity contribution in [3.63, 3.8) is 0 Å². The zero-order valence-electron chi connectivity index (χ0n) is 8.25. The van der Waals surface area contributed by atoms with Crippen molar-refractivity contribution < 1.29 is 0 Å². The van der Waals surface area contributed by atoms with E-state index in [-0.39, 0.29) is 0 Å². The lowest BCUT2D eigenvalue weighted by Crippen LogP contribution is -2.13. The van der Waals surface area contributed by atoms with Gasteiger partial charge in [-0.3, -0.25) is 0 Å². The highest BCUT2D eigenvalue weighted by molar-refractivity contribution is 9.09. The molecule has 1 spiro atoms. The quantitative estimate of drug-likeness (QED) is 0.490. The third-order valence-electron chi connectivity index (χ3n) is 3.92. The van der Waals surface area contributed by atoms with Crippen LogP contribution in [0.3, 0.4) is 0 Å². The maximum absolute atomic E-state index is 3.62. The van der Waals surface area contributed by atoms with Gasteiger partial charge >= 0.3 is 0 Å². The molecule has 3 aliphatic rings. The Kier molecular flexibility index (Phi) is 1.98. The first-order chi connectivity index (χ1) is 6.82. The Hall–Kier alpha value is -0.300. The smallest absolute Gasteiger partial charge is 0.0106 e. The number of alkyl halides is 1. The molecule has 0 unspecified atom stereocenters. The summed E-state index contributed by atoms with van der Waals surface area (Å²) >= 11 is 3.62. The van der Waals surface area contributed by atoms with Crippen LogP contribution < -0.4 is 0 Å². The largest absolute Gasteiger partial charge is 0.0925 e. The molecule has 0 aromatic carbocycles. The maximum Gasteiger partial charge on any atom is 0.0106 e. The summed E-state index contributed by atoms with van der Waals surface area (Å²) in [5.41, 5.74) is 2.17. The summed E-state index contributed by atoms with van der Waals surface area (Å²) in [4.78, 5) is 0. The van der Waals surface area contributed by atoms with Gasteiger partial charge in [0.05, 0.1) is 0 Å². The molecular formula is C13H15Br. The van der Waals surface area contributed by atoms with E-state index in [2.05, 4.69) is 46.3 Å². The summed E-state index contributed by atoms with van der Waals surface area (Å²) in [7, 11) is 0. The van der Waals surface area contributed by atoms with Gasteiger partial charge < -0.3 is 0 Å². The van der Waals surface area contributed by atoms with Crippen LogP contribution in [0.15, 0.2) is 36.0 Å². The van der Waals surface area contributed by atoms with Crippen molar-refractivity contribution in [3.05, 3.63) is 36.0 Å². The van der Waals surface area contributed by atoms with Gasteiger partial charge in [0.25, 0.3) is 0 Å². The number of rotatable bonds is 1. The van der Waals surface area contributed by atoms with Crippen LogP contribution in [0.2, 0.25) is 0 Å². The minimum Gasteiger partial charge on any atom is -0.0925 e. The lowest BCUT2D eigenvalue weighted by atomic mass is 9.81. The van der Waals surface area contributed by atoms with Gasteiger partial charge in [-0.25, -0.2) is 0 Å². The molecule has 1 heteroatoms. The van der Waals surface area contributed by atoms with Crippen molar-refractivity contribution in [2.45, 2.75) is 19.3 Å². The van der Waals surface area contributed by atoms with Crippen molar-refractivity contribution in [1.82, 2.24) is 0 Å². The molecule has 0 aliphatic heterocycles. The summed E-state index contributed by atoms with van der Waals surface area (Å²) in [6, 6.07) is 0. The fourth-order valence-electron chi connectivity index (χ4n) is 3.34. The monoisotopic (exact) mass is 250 g/mol. The Morgan fingerprint density at radius 3 is 3.14 bits per heavy atom. The first kappa shape index (κ1) is 8.96. The van der Waals surface area contributed by atoms with Crippen LogP contribution in [0.5, 0.6) is 0 Å². The molecule has 1 saturated carbocycles. The van der Waals surface area contributed by atoms with Gasteiger partial charge in [-0.2, -0.15) is 0 Å². The molecule has 3 aliphatic carbocycles. The average Bonchev–Trinajstić information content (AvgIpc) is 2.52. The van der Waals surface area contributed by atoms with E-state index in [1.807, 2.05) is 0 Å². The molecule has 1 fully saturated rings. The number of hydrogen-bond acceptors (Lipinski definition) is 0. The lowest BCUT2D eigenvalue weighted by molar-refractivity contribution is 0.403. The van der Waals surface area contributed by atoms with E-state index >= 15 is 0 Å². The molecule has 14 heavy (non-hydrogen) atoms. The van der Waals surface area contributed by atoms with Crippen molar-refractivity contribution in [1.29, 1.82) is 0 Å². The molecule has 2 bridgehead atoms. The third-order valence-corrected chi connectivity index (χ3v) is 4.83. The molecule has 0 aromatic heterocycles. The van der Waals surface area contributed by atoms with Gasteiger partial charge in [-0.1, -0.05) is 51.9 Å². The number of hydrogen-bond donors (Lipinski definition) is 0. The van der Waals surface area contributed by atoms with Gasteiger partial charge in [0, 0.05) is 10.7 Å². The zero-order chi connectivity index (χ0) is 9.60. The van der Waals surface area contributed by atoms with Crippen molar-refractivity contribution in [3.8, 4) is 0 Å². The fraction of sp³-hybridized carbons (Fsp3) is 0.538. The average molecular weight is 251 g/mol. The van der Waals surface area contributed by atoms with Crippen molar-refractivity contribution in [2.24, 2.45) is 17.3 Å². The molecule has 74 valence electrons. The third kappa shape index (κ3) is 1.18. The number of allylic oxidation sites excluding steroid dienone is 6. The Morgan fingerprint density at radius 1 is 1.36 bits per heavy atom. The van der Waals surface area contributed by atoms with E-state index in [1.165, 1.54) is 19.3 Å². The molecule has 0 aromatic rings. The van der Waals surface area contributed by atoms with Crippen LogP contribution >= 0.6 is 15.9 Å². The summed E-state index contributed by atoms with van der Waals surface area (Å²) < 4.78 is 0. The second-order valence-corrected chi connectivity index (χ2v) is 5.54. The van der Waals surface area contributed by atoms with E-state index in [0.717, 1.165) is 17.2 Å². The van der Waals surface area contributed by atoms with Gasteiger partial charge in [-0.05, 0) is 31.1 Å². The Labute approximate surface area is 93.9 Å². The highest BCUT2D eigenvalue weighted by atomic mass is 79.9. The van der Waals surface area contributed by atoms with Crippen molar-refractivity contribution >= 4 is 15.9 Å². The van der Waals surface area contributed by atoms with Crippen LogP contribution in [0.1, 0.15) is 19.3 Å². The van der Waals surface area contributed by atoms with Crippen LogP contribution in [0, 0.1) is 17.3 Å². The molecule has 0 nitrogen and oxygen atoms in total. The Balaban J connectivity index is 1.99. The molecule has 0 saturated heterocycles. The molecular weight excluding hydrogens is 236 g/mol. The number of halogens is 1. The molecule has 3 atom stereocenters. The minimum absolute atomic E-state index is 0.451. The van der Waals surface area contributed by atoms with E-state index in [1.54, 1.807) is 5.57 Å². The highest BCUT2D eigenvalue weighted by Crippen LogP contribution is 2.56. The molecule has 0 amide bonds. The number of fused-ring (bicyclic) bond motifs is 1. The van der Waals surface area contributed by atoms with E-state index in [4.69, 9.17) is 0 Å². The van der Waals surface area contributed by atoms with Gasteiger partial charge in [-0.15, -0.1) is 0 Å². The second kappa shape index (κ2) is 3.10. The summed E-state index contributed by atoms with van der Waals surface area (Å²) in [6.45, 7) is 0. The van der Waals surface area contributed by atoms with Crippen molar-refractivity contribution in [2.75, 3.05) is 5.33 Å². The van der Waals surface area contributed by atoms with Crippen LogP contribution in [0.25, 0.3) is 0 Å². The van der Waals surface area contributed by atoms with Crippen LogP contribution in [-0.4, -0.2) is 5.33 Å². The van der Waals surface area contributed by atoms with E-state index in [9.17, 15) is 0 Å². The van der Waals surface area contributed by atoms with Crippen LogP contribution in [-0.2, 0) is 0 Å². The van der Waals surface area contributed by atoms with Gasteiger partial charge in [0.15, 0.2) is 0 Å². The normalized spacial score (nSPS) is 43.6. The summed E-state index contributed by atoms with van der Waals surface area (Å²) in [5.74, 6) is 1.58. The highest BCUT2D eigenvalue weighted by Gasteiger charge is 2.45. The zero-order valence-corrected chi connectivity index (χ0v) is 9.83. The van der Waals surface area contributed by atoms with Gasteiger partial charge in [0.1, 0.15) is 0 Å². The molecule has 0 N–H and O–H groups in total. The molecule has 0 radical (unpaired) electrons. The second-order valence-electron chi connectivity index (χ2n) is 4.89. The lowest BCUT2D eigenvalue weighted by Gasteiger charge is -2.23. The summed E-state index contributed by atoms with van der Waals surface area (Å²) in [6.07, 6.45) is 15.8. The predicted molar refractivity (Wildman–Crippen MR) is 63.4 cm³/mol. The Bertz CT molecular complexity index is 337. The summed E-state index contributed by atoms with van der Waals surface area (Å²) in [5, 5.41) is 1.16. The van der Waals surface area contributed by atoms with E-state index < -0.39 is 0 Å². The maximum atomic E-state index is 3.62. The topological polar surface area (TPSA) is 0 Å². The Morgan fingerprint density at radius 2 is 2.29 bits per heavy atom. The standard InChI is InChI=1S/C13H15Br/c14-9-11-6-12-5-10-3-1-2-4-13(12,7-10)8-11/h1-5,10-11H,6-9H2/t10-,11+,13-/m1/s1. The fourth-order valence-corrected chi connectivity index (χ4v) is 3.80. The minimum atomic E-state index is 0.451. The van der Waals surface area contributed by atoms with E-state index in [0.29, 0.717) is 5.41 Å².